The zero-order chi connectivity index (χ0) is 30.6. The second-order valence-corrected chi connectivity index (χ2v) is 14.5. The molecule has 0 radical (unpaired) electrons. The first-order valence-corrected chi connectivity index (χ1v) is 16.1. The van der Waals surface area contributed by atoms with E-state index in [4.69, 9.17) is 0 Å². The second kappa shape index (κ2) is 11.3. The number of imidazole rings is 1. The predicted molar refractivity (Wildman–Crippen MR) is 157 cm³/mol. The molecule has 0 bridgehead atoms. The molecule has 1 aliphatic heterocycles. The molecular formula is C26H37F2N9O3S2. The average molecular weight is 626 g/mol. The topological polar surface area (TPSA) is 119 Å². The summed E-state index contributed by atoms with van der Waals surface area (Å²) >= 11 is 0.715. The molecule has 1 saturated carbocycles. The first kappa shape index (κ1) is 30.5. The average Bonchev–Trinajstić information content (AvgIpc) is 3.29. The van der Waals surface area contributed by atoms with E-state index in [9.17, 15) is 22.0 Å². The largest absolute Gasteiger partial charge is 0.366 e. The van der Waals surface area contributed by atoms with Gasteiger partial charge in [-0.1, -0.05) is 11.3 Å². The van der Waals surface area contributed by atoms with Crippen LogP contribution in [0.15, 0.2) is 23.4 Å². The third-order valence-corrected chi connectivity index (χ3v) is 10.3. The fourth-order valence-corrected chi connectivity index (χ4v) is 7.41. The van der Waals surface area contributed by atoms with Crippen molar-refractivity contribution in [3.05, 3.63) is 23.5 Å². The van der Waals surface area contributed by atoms with Crippen molar-refractivity contribution in [3.63, 3.8) is 0 Å². The number of aromatic nitrogens is 4. The van der Waals surface area contributed by atoms with E-state index in [0.717, 1.165) is 19.4 Å². The Balaban J connectivity index is 1.52. The summed E-state index contributed by atoms with van der Waals surface area (Å²) in [5, 5.41) is 7.21. The number of hydrogen-bond donors (Lipinski definition) is 1. The normalized spacial score (nSPS) is 20.6. The molecule has 0 aromatic carbocycles. The number of urea groups is 1. The van der Waals surface area contributed by atoms with E-state index in [1.54, 1.807) is 28.6 Å². The minimum atomic E-state index is -3.92. The van der Waals surface area contributed by atoms with Crippen molar-refractivity contribution in [2.75, 3.05) is 52.2 Å². The zero-order valence-corrected chi connectivity index (χ0v) is 26.2. The number of sulfonamides is 1. The number of halogens is 2. The number of alkyl halides is 2. The maximum atomic E-state index is 13.5. The summed E-state index contributed by atoms with van der Waals surface area (Å²) in [7, 11) is 1.79. The number of carbonyl (C=O) groups is 1. The SMILES string of the molecule is C[C@H]1CN(c2cc(S(=O)(=O)NC3(C)CC3)cn3c(-c4nnc(C(F)F)s4)ncc23)C[C@H](C)N1C(=O)N(C)CCN(C)C. The second-order valence-electron chi connectivity index (χ2n) is 11.8. The van der Waals surface area contributed by atoms with Gasteiger partial charge in [-0.05, 0) is 53.8 Å². The molecule has 2 amide bonds. The molecule has 16 heteroatoms. The molecule has 3 aromatic heterocycles. The Morgan fingerprint density at radius 1 is 1.17 bits per heavy atom. The van der Waals surface area contributed by atoms with Crippen molar-refractivity contribution in [1.82, 2.24) is 39.0 Å². The van der Waals surface area contributed by atoms with Crippen LogP contribution in [0.2, 0.25) is 0 Å². The number of piperazine rings is 1. The van der Waals surface area contributed by atoms with Gasteiger partial charge in [0.2, 0.25) is 10.0 Å². The maximum absolute atomic E-state index is 13.5. The summed E-state index contributed by atoms with van der Waals surface area (Å²) in [5.41, 5.74) is 0.714. The molecular weight excluding hydrogens is 588 g/mol. The third kappa shape index (κ3) is 6.07. The minimum absolute atomic E-state index is 0.0261. The first-order chi connectivity index (χ1) is 19.7. The monoisotopic (exact) mass is 625 g/mol. The lowest BCUT2D eigenvalue weighted by molar-refractivity contribution is 0.112. The van der Waals surface area contributed by atoms with Crippen LogP contribution in [-0.4, -0.2) is 114 Å². The summed E-state index contributed by atoms with van der Waals surface area (Å²) in [6, 6.07) is 1.22. The molecule has 42 heavy (non-hydrogen) atoms. The van der Waals surface area contributed by atoms with Crippen LogP contribution in [0.4, 0.5) is 19.3 Å². The quantitative estimate of drug-likeness (QED) is 0.386. The molecule has 12 nitrogen and oxygen atoms in total. The lowest BCUT2D eigenvalue weighted by Gasteiger charge is -2.46. The summed E-state index contributed by atoms with van der Waals surface area (Å²) in [6.45, 7) is 8.05. The highest BCUT2D eigenvalue weighted by Crippen LogP contribution is 2.38. The molecule has 5 rings (SSSR count). The van der Waals surface area contributed by atoms with Crippen molar-refractivity contribution < 1.29 is 22.0 Å². The number of likely N-dealkylation sites (N-methyl/N-ethyl adjacent to an activating group) is 2. The minimum Gasteiger partial charge on any atom is -0.366 e. The van der Waals surface area contributed by atoms with Crippen molar-refractivity contribution in [2.45, 2.75) is 62.6 Å². The summed E-state index contributed by atoms with van der Waals surface area (Å²) in [5.74, 6) is 0.225. The number of amides is 2. The number of fused-ring (bicyclic) bond motifs is 1. The fraction of sp³-hybridized carbons (Fsp3) is 0.615. The number of rotatable bonds is 9. The highest BCUT2D eigenvalue weighted by atomic mass is 32.2. The smallest absolute Gasteiger partial charge is 0.320 e. The summed E-state index contributed by atoms with van der Waals surface area (Å²) < 4.78 is 58.0. The standard InChI is InChI=1S/C26H37F2N9O3S2/c1-16-13-35(14-17(2)37(16)25(38)34(6)10-9-33(4)5)19-11-18(42(39,40)32-26(3)7-8-26)15-36-20(19)12-29-22(36)24-31-30-23(41-24)21(27)28/h11-12,15-17,21,32H,7-10,13-14H2,1-6H3/t16-,17-/m0/s1. The van der Waals surface area contributed by atoms with Crippen LogP contribution in [0.5, 0.6) is 0 Å². The van der Waals surface area contributed by atoms with Crippen LogP contribution in [0.1, 0.15) is 45.0 Å². The van der Waals surface area contributed by atoms with Crippen molar-refractivity contribution in [1.29, 1.82) is 0 Å². The number of carbonyl (C=O) groups excluding carboxylic acids is 1. The van der Waals surface area contributed by atoms with Gasteiger partial charge in [0.15, 0.2) is 15.8 Å². The van der Waals surface area contributed by atoms with Gasteiger partial charge in [-0.25, -0.2) is 31.7 Å². The van der Waals surface area contributed by atoms with Gasteiger partial charge >= 0.3 is 6.03 Å². The van der Waals surface area contributed by atoms with Crippen LogP contribution in [0.25, 0.3) is 16.3 Å². The van der Waals surface area contributed by atoms with E-state index in [0.29, 0.717) is 42.2 Å². The zero-order valence-electron chi connectivity index (χ0n) is 24.6. The van der Waals surface area contributed by atoms with Gasteiger partial charge < -0.3 is 19.6 Å². The van der Waals surface area contributed by atoms with E-state index in [1.165, 1.54) is 6.20 Å². The van der Waals surface area contributed by atoms with Gasteiger partial charge in [-0.3, -0.25) is 4.40 Å². The Morgan fingerprint density at radius 3 is 2.40 bits per heavy atom. The molecule has 1 N–H and O–H groups in total. The lowest BCUT2D eigenvalue weighted by atomic mass is 10.1. The van der Waals surface area contributed by atoms with Gasteiger partial charge in [-0.15, -0.1) is 10.2 Å². The fourth-order valence-electron chi connectivity index (χ4n) is 5.24. The van der Waals surface area contributed by atoms with Gasteiger partial charge in [0.1, 0.15) is 4.90 Å². The van der Waals surface area contributed by atoms with Crippen LogP contribution >= 0.6 is 11.3 Å². The van der Waals surface area contributed by atoms with Crippen molar-refractivity contribution >= 4 is 38.6 Å². The maximum Gasteiger partial charge on any atom is 0.320 e. The first-order valence-electron chi connectivity index (χ1n) is 13.8. The predicted octanol–water partition coefficient (Wildman–Crippen LogP) is 3.13. The highest BCUT2D eigenvalue weighted by molar-refractivity contribution is 7.89. The highest BCUT2D eigenvalue weighted by Gasteiger charge is 2.42. The van der Waals surface area contributed by atoms with E-state index in [1.807, 2.05) is 44.7 Å². The molecule has 1 aliphatic carbocycles. The number of anilines is 1. The number of pyridine rings is 1. The van der Waals surface area contributed by atoms with Gasteiger partial charge in [0.05, 0.1) is 17.4 Å². The molecule has 3 aromatic rings. The van der Waals surface area contributed by atoms with Crippen LogP contribution in [-0.2, 0) is 10.0 Å². The number of nitrogens with zero attached hydrogens (tertiary/aromatic N) is 8. The summed E-state index contributed by atoms with van der Waals surface area (Å²) in [4.78, 5) is 25.5. The third-order valence-electron chi connectivity index (χ3n) is 7.79. The number of hydrogen-bond acceptors (Lipinski definition) is 9. The summed E-state index contributed by atoms with van der Waals surface area (Å²) in [6.07, 6.45) is 1.74. The van der Waals surface area contributed by atoms with Crippen molar-refractivity contribution in [3.8, 4) is 10.8 Å². The van der Waals surface area contributed by atoms with E-state index < -0.39 is 27.0 Å². The molecule has 1 saturated heterocycles. The van der Waals surface area contributed by atoms with Crippen LogP contribution < -0.4 is 9.62 Å². The molecule has 230 valence electrons. The van der Waals surface area contributed by atoms with E-state index >= 15 is 0 Å². The molecule has 2 fully saturated rings. The Kier molecular flexibility index (Phi) is 8.19. The Hall–Kier alpha value is -2.95. The van der Waals surface area contributed by atoms with E-state index in [-0.39, 0.29) is 33.8 Å². The molecule has 2 aliphatic rings. The Bertz CT molecular complexity index is 1560. The molecule has 2 atom stereocenters. The number of nitrogens with one attached hydrogen (secondary N) is 1. The molecule has 4 heterocycles. The molecule has 0 unspecified atom stereocenters. The van der Waals surface area contributed by atoms with Crippen LogP contribution in [0, 0.1) is 0 Å². The van der Waals surface area contributed by atoms with Gasteiger partial charge in [0.25, 0.3) is 6.43 Å². The lowest BCUT2D eigenvalue weighted by Crippen LogP contribution is -2.61. The Morgan fingerprint density at radius 2 is 1.83 bits per heavy atom. The van der Waals surface area contributed by atoms with Gasteiger partial charge in [0, 0.05) is 57.0 Å². The van der Waals surface area contributed by atoms with Crippen molar-refractivity contribution in [2.24, 2.45) is 0 Å². The van der Waals surface area contributed by atoms with E-state index in [2.05, 4.69) is 24.8 Å². The Labute approximate surface area is 248 Å². The molecule has 0 spiro atoms. The van der Waals surface area contributed by atoms with Crippen LogP contribution in [0.3, 0.4) is 0 Å². The van der Waals surface area contributed by atoms with Gasteiger partial charge in [-0.2, -0.15) is 0 Å².